The number of carbonyl (C=O) groups is 1. The SMILES string of the molecule is CN1CCN(c2ccc(NC(=O)C3(c4ccccc4F)CC3)cc2)CC1. The molecule has 0 aromatic heterocycles. The summed E-state index contributed by atoms with van der Waals surface area (Å²) in [6.07, 6.45) is 1.39. The first kappa shape index (κ1) is 17.0. The van der Waals surface area contributed by atoms with Gasteiger partial charge in [0.15, 0.2) is 0 Å². The molecule has 0 bridgehead atoms. The van der Waals surface area contributed by atoms with Crippen LogP contribution >= 0.6 is 0 Å². The van der Waals surface area contributed by atoms with Crippen LogP contribution in [-0.2, 0) is 10.2 Å². The molecule has 1 aliphatic carbocycles. The number of hydrogen-bond donors (Lipinski definition) is 1. The van der Waals surface area contributed by atoms with Crippen molar-refractivity contribution in [3.63, 3.8) is 0 Å². The summed E-state index contributed by atoms with van der Waals surface area (Å²) in [4.78, 5) is 17.5. The second-order valence-electron chi connectivity index (χ2n) is 7.35. The average molecular weight is 353 g/mol. The fourth-order valence-electron chi connectivity index (χ4n) is 3.66. The van der Waals surface area contributed by atoms with Crippen LogP contribution in [0.25, 0.3) is 0 Å². The van der Waals surface area contributed by atoms with E-state index in [-0.39, 0.29) is 11.7 Å². The molecule has 1 N–H and O–H groups in total. The number of carbonyl (C=O) groups excluding carboxylic acids is 1. The minimum absolute atomic E-state index is 0.116. The minimum atomic E-state index is -0.707. The van der Waals surface area contributed by atoms with E-state index >= 15 is 0 Å². The number of benzene rings is 2. The van der Waals surface area contributed by atoms with E-state index in [9.17, 15) is 9.18 Å². The maximum absolute atomic E-state index is 14.1. The quantitative estimate of drug-likeness (QED) is 0.917. The molecule has 1 saturated carbocycles. The van der Waals surface area contributed by atoms with Crippen molar-refractivity contribution < 1.29 is 9.18 Å². The lowest BCUT2D eigenvalue weighted by molar-refractivity contribution is -0.118. The number of anilines is 2. The number of nitrogens with zero attached hydrogens (tertiary/aromatic N) is 2. The summed E-state index contributed by atoms with van der Waals surface area (Å²) < 4.78 is 14.1. The van der Waals surface area contributed by atoms with Crippen LogP contribution in [0.5, 0.6) is 0 Å². The molecule has 136 valence electrons. The standard InChI is InChI=1S/C21H24FN3O/c1-24-12-14-25(15-13-24)17-8-6-16(7-9-17)23-20(26)21(10-11-21)18-4-2-3-5-19(18)22/h2-9H,10-15H2,1H3,(H,23,26). The predicted molar refractivity (Wildman–Crippen MR) is 102 cm³/mol. The van der Waals surface area contributed by atoms with Crippen LogP contribution in [-0.4, -0.2) is 44.0 Å². The summed E-state index contributed by atoms with van der Waals surface area (Å²) in [5, 5.41) is 2.98. The van der Waals surface area contributed by atoms with Crippen LogP contribution in [0.15, 0.2) is 48.5 Å². The fraction of sp³-hybridized carbons (Fsp3) is 0.381. The van der Waals surface area contributed by atoms with E-state index in [1.165, 1.54) is 11.8 Å². The lowest BCUT2D eigenvalue weighted by Crippen LogP contribution is -2.44. The highest BCUT2D eigenvalue weighted by Crippen LogP contribution is 2.49. The van der Waals surface area contributed by atoms with Gasteiger partial charge in [-0.05, 0) is 50.2 Å². The summed E-state index contributed by atoms with van der Waals surface area (Å²) in [5.74, 6) is -0.416. The van der Waals surface area contributed by atoms with Gasteiger partial charge < -0.3 is 15.1 Å². The number of piperazine rings is 1. The Morgan fingerprint density at radius 2 is 1.65 bits per heavy atom. The zero-order valence-electron chi connectivity index (χ0n) is 15.0. The minimum Gasteiger partial charge on any atom is -0.369 e. The van der Waals surface area contributed by atoms with Crippen LogP contribution < -0.4 is 10.2 Å². The smallest absolute Gasteiger partial charge is 0.235 e. The molecular formula is C21H24FN3O. The highest BCUT2D eigenvalue weighted by Gasteiger charge is 2.52. The van der Waals surface area contributed by atoms with Gasteiger partial charge in [0, 0.05) is 43.1 Å². The molecule has 0 atom stereocenters. The van der Waals surface area contributed by atoms with Crippen molar-refractivity contribution in [1.29, 1.82) is 0 Å². The van der Waals surface area contributed by atoms with Crippen molar-refractivity contribution in [3.8, 4) is 0 Å². The van der Waals surface area contributed by atoms with Crippen molar-refractivity contribution in [1.82, 2.24) is 4.90 Å². The van der Waals surface area contributed by atoms with Gasteiger partial charge in [-0.25, -0.2) is 4.39 Å². The zero-order valence-corrected chi connectivity index (χ0v) is 15.0. The first-order chi connectivity index (χ1) is 12.6. The molecule has 4 nitrogen and oxygen atoms in total. The van der Waals surface area contributed by atoms with Gasteiger partial charge in [-0.15, -0.1) is 0 Å². The molecular weight excluding hydrogens is 329 g/mol. The van der Waals surface area contributed by atoms with Crippen LogP contribution in [0.4, 0.5) is 15.8 Å². The molecule has 1 saturated heterocycles. The van der Waals surface area contributed by atoms with Crippen LogP contribution in [0.1, 0.15) is 18.4 Å². The van der Waals surface area contributed by atoms with Gasteiger partial charge in [0.05, 0.1) is 5.41 Å². The highest BCUT2D eigenvalue weighted by atomic mass is 19.1. The third-order valence-electron chi connectivity index (χ3n) is 5.57. The number of nitrogens with one attached hydrogen (secondary N) is 1. The van der Waals surface area contributed by atoms with Gasteiger partial charge >= 0.3 is 0 Å². The van der Waals surface area contributed by atoms with Crippen molar-refractivity contribution in [3.05, 3.63) is 59.9 Å². The maximum atomic E-state index is 14.1. The van der Waals surface area contributed by atoms with E-state index in [2.05, 4.69) is 22.2 Å². The molecule has 0 spiro atoms. The van der Waals surface area contributed by atoms with E-state index in [1.807, 2.05) is 24.3 Å². The Bertz CT molecular complexity index is 793. The van der Waals surface area contributed by atoms with E-state index < -0.39 is 5.41 Å². The number of likely N-dealkylation sites (N-methyl/N-ethyl adjacent to an activating group) is 1. The molecule has 0 unspecified atom stereocenters. The third kappa shape index (κ3) is 3.19. The summed E-state index contributed by atoms with van der Waals surface area (Å²) in [5.41, 5.74) is 1.73. The summed E-state index contributed by atoms with van der Waals surface area (Å²) >= 11 is 0. The molecule has 2 aromatic carbocycles. The van der Waals surface area contributed by atoms with E-state index in [1.54, 1.807) is 18.2 Å². The van der Waals surface area contributed by atoms with Gasteiger partial charge in [0.25, 0.3) is 0 Å². The van der Waals surface area contributed by atoms with Crippen LogP contribution in [0.2, 0.25) is 0 Å². The van der Waals surface area contributed by atoms with Gasteiger partial charge in [-0.3, -0.25) is 4.79 Å². The average Bonchev–Trinajstić information content (AvgIpc) is 3.45. The normalized spacial score (nSPS) is 19.2. The molecule has 1 aliphatic heterocycles. The van der Waals surface area contributed by atoms with E-state index in [4.69, 9.17) is 0 Å². The lowest BCUT2D eigenvalue weighted by Gasteiger charge is -2.34. The summed E-state index contributed by atoms with van der Waals surface area (Å²) in [6.45, 7) is 4.14. The van der Waals surface area contributed by atoms with Crippen molar-refractivity contribution in [2.24, 2.45) is 0 Å². The molecule has 1 amide bonds. The molecule has 2 fully saturated rings. The summed E-state index contributed by atoms with van der Waals surface area (Å²) in [7, 11) is 2.14. The second kappa shape index (κ2) is 6.72. The Morgan fingerprint density at radius 1 is 1.00 bits per heavy atom. The predicted octanol–water partition coefficient (Wildman–Crippen LogP) is 3.25. The number of hydrogen-bond acceptors (Lipinski definition) is 3. The zero-order chi connectivity index (χ0) is 18.1. The fourth-order valence-corrected chi connectivity index (χ4v) is 3.66. The largest absolute Gasteiger partial charge is 0.369 e. The highest BCUT2D eigenvalue weighted by molar-refractivity contribution is 6.01. The monoisotopic (exact) mass is 353 g/mol. The van der Waals surface area contributed by atoms with Crippen molar-refractivity contribution >= 4 is 17.3 Å². The van der Waals surface area contributed by atoms with Gasteiger partial charge in [-0.1, -0.05) is 18.2 Å². The van der Waals surface area contributed by atoms with Gasteiger partial charge in [-0.2, -0.15) is 0 Å². The second-order valence-corrected chi connectivity index (χ2v) is 7.35. The third-order valence-corrected chi connectivity index (χ3v) is 5.57. The first-order valence-electron chi connectivity index (χ1n) is 9.18. The number of amides is 1. The molecule has 1 heterocycles. The molecule has 4 rings (SSSR count). The Kier molecular flexibility index (Phi) is 4.41. The molecule has 2 aliphatic rings. The van der Waals surface area contributed by atoms with Gasteiger partial charge in [0.1, 0.15) is 5.82 Å². The Morgan fingerprint density at radius 3 is 2.27 bits per heavy atom. The Balaban J connectivity index is 1.44. The first-order valence-corrected chi connectivity index (χ1v) is 9.18. The Hall–Kier alpha value is -2.40. The molecule has 2 aromatic rings. The topological polar surface area (TPSA) is 35.6 Å². The maximum Gasteiger partial charge on any atom is 0.235 e. The van der Waals surface area contributed by atoms with Gasteiger partial charge in [0.2, 0.25) is 5.91 Å². The molecule has 26 heavy (non-hydrogen) atoms. The number of halogens is 1. The van der Waals surface area contributed by atoms with Crippen LogP contribution in [0.3, 0.4) is 0 Å². The van der Waals surface area contributed by atoms with E-state index in [0.29, 0.717) is 18.4 Å². The van der Waals surface area contributed by atoms with Crippen molar-refractivity contribution in [2.45, 2.75) is 18.3 Å². The Labute approximate surface area is 153 Å². The van der Waals surface area contributed by atoms with Crippen molar-refractivity contribution in [2.75, 3.05) is 43.4 Å². The van der Waals surface area contributed by atoms with Crippen LogP contribution in [0, 0.1) is 5.82 Å². The lowest BCUT2D eigenvalue weighted by atomic mass is 9.94. The molecule has 0 radical (unpaired) electrons. The number of rotatable bonds is 4. The summed E-state index contributed by atoms with van der Waals surface area (Å²) in [6, 6.07) is 14.5. The molecule has 5 heteroatoms. The van der Waals surface area contributed by atoms with E-state index in [0.717, 1.165) is 31.9 Å².